The van der Waals surface area contributed by atoms with Gasteiger partial charge >= 0.3 is 0 Å². The van der Waals surface area contributed by atoms with Gasteiger partial charge in [-0.2, -0.15) is 5.21 Å². The number of nitro benzene ring substituents is 1. The zero-order valence-electron chi connectivity index (χ0n) is 8.64. The summed E-state index contributed by atoms with van der Waals surface area (Å²) in [5.41, 5.74) is -0.386. The molecule has 1 heterocycles. The summed E-state index contributed by atoms with van der Waals surface area (Å²) in [6.45, 7) is 0. The van der Waals surface area contributed by atoms with Crippen LogP contribution in [0, 0.1) is 10.1 Å². The van der Waals surface area contributed by atoms with Crippen LogP contribution in [0.3, 0.4) is 0 Å². The van der Waals surface area contributed by atoms with Crippen LogP contribution in [0.1, 0.15) is 0 Å². The number of nitrogens with zero attached hydrogens (tertiary/aromatic N) is 4. The molecule has 0 unspecified atom stereocenters. The van der Waals surface area contributed by atoms with Gasteiger partial charge in [0.2, 0.25) is 15.8 Å². The molecule has 0 fully saturated rings. The molecule has 0 aliphatic rings. The Morgan fingerprint density at radius 2 is 2.11 bits per heavy atom. The highest BCUT2D eigenvalue weighted by atomic mass is 32.2. The van der Waals surface area contributed by atoms with E-state index in [1.54, 1.807) is 0 Å². The predicted molar refractivity (Wildman–Crippen MR) is 57.6 cm³/mol. The Labute approximate surface area is 100 Å². The van der Waals surface area contributed by atoms with Gasteiger partial charge in [0.05, 0.1) is 4.92 Å². The molecule has 0 radical (unpaired) electrons. The second-order valence-corrected chi connectivity index (χ2v) is 4.75. The molecular weight excluding hydrogens is 264 g/mol. The highest BCUT2D eigenvalue weighted by Gasteiger charge is 2.24. The Balaban J connectivity index is 2.65. The fourth-order valence-corrected chi connectivity index (χ4v) is 2.01. The standard InChI is InChI=1S/C7H6N6O4S/c8-18(16,17)6-2-1-4(3-5(6)13(14)15)7-9-11-12-10-7/h1-3H,(H2,8,16,17)(H,9,10,11,12). The summed E-state index contributed by atoms with van der Waals surface area (Å²) in [6, 6.07) is 3.35. The van der Waals surface area contributed by atoms with E-state index in [0.29, 0.717) is 0 Å². The van der Waals surface area contributed by atoms with Crippen molar-refractivity contribution in [3.63, 3.8) is 0 Å². The van der Waals surface area contributed by atoms with E-state index in [1.807, 2.05) is 0 Å². The third-order valence-corrected chi connectivity index (χ3v) is 3.02. The van der Waals surface area contributed by atoms with Crippen LogP contribution in [-0.4, -0.2) is 34.0 Å². The summed E-state index contributed by atoms with van der Waals surface area (Å²) in [6.07, 6.45) is 0. The van der Waals surface area contributed by atoms with Crippen molar-refractivity contribution in [2.75, 3.05) is 0 Å². The van der Waals surface area contributed by atoms with Crippen LogP contribution in [0.2, 0.25) is 0 Å². The first-order valence-electron chi connectivity index (χ1n) is 4.44. The molecule has 0 amide bonds. The molecule has 1 aromatic heterocycles. The van der Waals surface area contributed by atoms with Gasteiger partial charge in [-0.25, -0.2) is 13.6 Å². The van der Waals surface area contributed by atoms with E-state index in [0.717, 1.165) is 12.1 Å². The lowest BCUT2D eigenvalue weighted by atomic mass is 10.2. The number of hydrogen-bond donors (Lipinski definition) is 2. The van der Waals surface area contributed by atoms with Crippen molar-refractivity contribution >= 4 is 15.7 Å². The van der Waals surface area contributed by atoms with E-state index in [4.69, 9.17) is 5.14 Å². The fourth-order valence-electron chi connectivity index (χ4n) is 1.32. The van der Waals surface area contributed by atoms with Crippen LogP contribution in [0.15, 0.2) is 23.1 Å². The number of benzene rings is 1. The van der Waals surface area contributed by atoms with Crippen LogP contribution in [0.4, 0.5) is 5.69 Å². The molecule has 0 aliphatic heterocycles. The van der Waals surface area contributed by atoms with E-state index >= 15 is 0 Å². The first kappa shape index (κ1) is 12.1. The molecule has 2 aromatic rings. The average Bonchev–Trinajstić information content (AvgIpc) is 2.80. The maximum absolute atomic E-state index is 11.2. The van der Waals surface area contributed by atoms with Crippen molar-refractivity contribution in [1.29, 1.82) is 0 Å². The SMILES string of the molecule is NS(=O)(=O)c1ccc(-c2nn[nH]n2)cc1[N+](=O)[O-]. The minimum Gasteiger partial charge on any atom is -0.258 e. The monoisotopic (exact) mass is 270 g/mol. The highest BCUT2D eigenvalue weighted by molar-refractivity contribution is 7.89. The number of primary sulfonamides is 1. The first-order chi connectivity index (χ1) is 8.39. The van der Waals surface area contributed by atoms with Crippen LogP contribution in [0.25, 0.3) is 11.4 Å². The van der Waals surface area contributed by atoms with Gasteiger partial charge in [0, 0.05) is 11.6 Å². The van der Waals surface area contributed by atoms with Gasteiger partial charge in [0.1, 0.15) is 0 Å². The van der Waals surface area contributed by atoms with Gasteiger partial charge in [0.15, 0.2) is 4.90 Å². The number of nitrogens with one attached hydrogen (secondary N) is 1. The third kappa shape index (κ3) is 2.16. The second-order valence-electron chi connectivity index (χ2n) is 3.22. The van der Waals surface area contributed by atoms with Crippen molar-refractivity contribution in [1.82, 2.24) is 20.6 Å². The Hall–Kier alpha value is -2.40. The van der Waals surface area contributed by atoms with Crippen molar-refractivity contribution in [3.8, 4) is 11.4 Å². The van der Waals surface area contributed by atoms with Crippen molar-refractivity contribution in [2.24, 2.45) is 5.14 Å². The number of aromatic amines is 1. The predicted octanol–water partition coefficient (Wildman–Crippen LogP) is -0.578. The number of aromatic nitrogens is 4. The second kappa shape index (κ2) is 4.12. The number of nitrogens with two attached hydrogens (primary N) is 1. The summed E-state index contributed by atoms with van der Waals surface area (Å²) >= 11 is 0. The van der Waals surface area contributed by atoms with E-state index in [1.165, 1.54) is 6.07 Å². The molecule has 1 aromatic carbocycles. The summed E-state index contributed by atoms with van der Waals surface area (Å²) in [4.78, 5) is 9.40. The lowest BCUT2D eigenvalue weighted by Crippen LogP contribution is -2.14. The fraction of sp³-hybridized carbons (Fsp3) is 0. The summed E-state index contributed by atoms with van der Waals surface area (Å²) in [7, 11) is -4.17. The Morgan fingerprint density at radius 1 is 1.39 bits per heavy atom. The minimum atomic E-state index is -4.17. The van der Waals surface area contributed by atoms with E-state index in [2.05, 4.69) is 20.6 Å². The summed E-state index contributed by atoms with van der Waals surface area (Å²) < 4.78 is 22.4. The summed E-state index contributed by atoms with van der Waals surface area (Å²) in [5.74, 6) is 0.110. The molecule has 0 aliphatic carbocycles. The Morgan fingerprint density at radius 3 is 2.61 bits per heavy atom. The zero-order chi connectivity index (χ0) is 13.3. The van der Waals surface area contributed by atoms with Gasteiger partial charge in [0.25, 0.3) is 5.69 Å². The highest BCUT2D eigenvalue weighted by Crippen LogP contribution is 2.27. The largest absolute Gasteiger partial charge is 0.290 e. The Kier molecular flexibility index (Phi) is 2.76. The lowest BCUT2D eigenvalue weighted by Gasteiger charge is -2.01. The molecular formula is C7H6N6O4S. The zero-order valence-corrected chi connectivity index (χ0v) is 9.46. The van der Waals surface area contributed by atoms with Crippen molar-refractivity contribution < 1.29 is 13.3 Å². The molecule has 2 rings (SSSR count). The topological polar surface area (TPSA) is 158 Å². The van der Waals surface area contributed by atoms with Crippen LogP contribution >= 0.6 is 0 Å². The number of hydrogen-bond acceptors (Lipinski definition) is 7. The molecule has 10 nitrogen and oxygen atoms in total. The van der Waals surface area contributed by atoms with Crippen molar-refractivity contribution in [2.45, 2.75) is 4.90 Å². The van der Waals surface area contributed by atoms with Gasteiger partial charge in [-0.05, 0) is 17.3 Å². The molecule has 11 heteroatoms. The molecule has 18 heavy (non-hydrogen) atoms. The number of nitro groups is 1. The first-order valence-corrected chi connectivity index (χ1v) is 5.99. The quantitative estimate of drug-likeness (QED) is 0.557. The van der Waals surface area contributed by atoms with Gasteiger partial charge < -0.3 is 0 Å². The number of tetrazole rings is 1. The number of sulfonamides is 1. The molecule has 3 N–H and O–H groups in total. The average molecular weight is 270 g/mol. The molecule has 0 atom stereocenters. The Bertz CT molecular complexity index is 695. The van der Waals surface area contributed by atoms with E-state index in [9.17, 15) is 18.5 Å². The molecule has 94 valence electrons. The maximum Gasteiger partial charge on any atom is 0.290 e. The lowest BCUT2D eigenvalue weighted by molar-refractivity contribution is -0.387. The third-order valence-electron chi connectivity index (χ3n) is 2.07. The molecule has 0 saturated carbocycles. The van der Waals surface area contributed by atoms with Crippen LogP contribution in [-0.2, 0) is 10.0 Å². The molecule has 0 spiro atoms. The minimum absolute atomic E-state index is 0.110. The van der Waals surface area contributed by atoms with Crippen LogP contribution < -0.4 is 5.14 Å². The molecule has 0 bridgehead atoms. The maximum atomic E-state index is 11.2. The van der Waals surface area contributed by atoms with Gasteiger partial charge in [-0.3, -0.25) is 10.1 Å². The number of rotatable bonds is 3. The normalized spacial score (nSPS) is 11.4. The van der Waals surface area contributed by atoms with Gasteiger partial charge in [-0.1, -0.05) is 0 Å². The van der Waals surface area contributed by atoms with Crippen LogP contribution in [0.5, 0.6) is 0 Å². The van der Waals surface area contributed by atoms with Crippen molar-refractivity contribution in [3.05, 3.63) is 28.3 Å². The van der Waals surface area contributed by atoms with Gasteiger partial charge in [-0.15, -0.1) is 10.2 Å². The smallest absolute Gasteiger partial charge is 0.258 e. The van der Waals surface area contributed by atoms with E-state index in [-0.39, 0.29) is 11.4 Å². The molecule has 0 saturated heterocycles. The summed E-state index contributed by atoms with van der Waals surface area (Å²) in [5, 5.41) is 28.4. The van der Waals surface area contributed by atoms with E-state index < -0.39 is 25.5 Å². The number of H-pyrrole nitrogens is 1.